The van der Waals surface area contributed by atoms with Crippen molar-refractivity contribution in [3.05, 3.63) is 35.4 Å². The van der Waals surface area contributed by atoms with Gasteiger partial charge in [-0.15, -0.1) is 0 Å². The third kappa shape index (κ3) is 1.97. The van der Waals surface area contributed by atoms with Crippen molar-refractivity contribution in [1.82, 2.24) is 0 Å². The van der Waals surface area contributed by atoms with Gasteiger partial charge in [0, 0.05) is 3.42 Å². The molecule has 1 aliphatic carbocycles. The molecule has 2 rings (SSSR count). The van der Waals surface area contributed by atoms with Gasteiger partial charge in [0.05, 0.1) is 0 Å². The topological polar surface area (TPSA) is 0 Å². The number of hydrogen-bond acceptors (Lipinski definition) is 0. The van der Waals surface area contributed by atoms with Crippen molar-refractivity contribution >= 4 is 22.6 Å². The maximum Gasteiger partial charge on any atom is 0.0470 e. The van der Waals surface area contributed by atoms with Crippen molar-refractivity contribution in [2.45, 2.75) is 42.4 Å². The summed E-state index contributed by atoms with van der Waals surface area (Å²) in [5, 5.41) is 0. The van der Waals surface area contributed by atoms with E-state index in [1.54, 1.807) is 0 Å². The summed E-state index contributed by atoms with van der Waals surface area (Å²) in [6.07, 6.45) is 6.67. The Kier molecular flexibility index (Phi) is 3.15. The standard InChI is InChI=1S/C13H17I/c1-2-11-5-7-12(8-6-11)13(14)9-3-4-10-13/h5-8H,2-4,9-10H2,1H3. The van der Waals surface area contributed by atoms with E-state index in [2.05, 4.69) is 53.8 Å². The molecule has 76 valence electrons. The lowest BCUT2D eigenvalue weighted by atomic mass is 9.96. The number of rotatable bonds is 2. The van der Waals surface area contributed by atoms with Crippen molar-refractivity contribution in [3.8, 4) is 0 Å². The van der Waals surface area contributed by atoms with Gasteiger partial charge in [-0.25, -0.2) is 0 Å². The van der Waals surface area contributed by atoms with Crippen LogP contribution in [0.15, 0.2) is 24.3 Å². The molecule has 1 aliphatic rings. The van der Waals surface area contributed by atoms with Crippen LogP contribution in [0.25, 0.3) is 0 Å². The van der Waals surface area contributed by atoms with Crippen molar-refractivity contribution < 1.29 is 0 Å². The number of aryl methyl sites for hydroxylation is 1. The molecule has 0 amide bonds. The summed E-state index contributed by atoms with van der Waals surface area (Å²) < 4.78 is 0.448. The second-order valence-electron chi connectivity index (χ2n) is 4.22. The zero-order valence-electron chi connectivity index (χ0n) is 8.72. The van der Waals surface area contributed by atoms with Crippen LogP contribution in [0.2, 0.25) is 0 Å². The van der Waals surface area contributed by atoms with Crippen molar-refractivity contribution in [2.75, 3.05) is 0 Å². The van der Waals surface area contributed by atoms with Crippen LogP contribution in [-0.2, 0) is 9.84 Å². The molecule has 0 bridgehead atoms. The summed E-state index contributed by atoms with van der Waals surface area (Å²) >= 11 is 2.65. The molecular weight excluding hydrogens is 283 g/mol. The van der Waals surface area contributed by atoms with Crippen LogP contribution in [0, 0.1) is 0 Å². The Morgan fingerprint density at radius 1 is 1.14 bits per heavy atom. The number of hydrogen-bond donors (Lipinski definition) is 0. The molecule has 14 heavy (non-hydrogen) atoms. The zero-order valence-corrected chi connectivity index (χ0v) is 10.9. The third-order valence-electron chi connectivity index (χ3n) is 3.28. The Hall–Kier alpha value is -0.0500. The van der Waals surface area contributed by atoms with Gasteiger partial charge in [0.2, 0.25) is 0 Å². The average Bonchev–Trinajstić information content (AvgIpc) is 2.67. The minimum atomic E-state index is 0.448. The fourth-order valence-electron chi connectivity index (χ4n) is 2.26. The molecule has 1 aromatic rings. The minimum absolute atomic E-state index is 0.448. The van der Waals surface area contributed by atoms with E-state index < -0.39 is 0 Å². The Bertz CT molecular complexity index is 294. The summed E-state index contributed by atoms with van der Waals surface area (Å²) in [6.45, 7) is 2.21. The van der Waals surface area contributed by atoms with Gasteiger partial charge in [-0.05, 0) is 30.4 Å². The fourth-order valence-corrected chi connectivity index (χ4v) is 3.39. The second-order valence-corrected chi connectivity index (χ2v) is 6.29. The van der Waals surface area contributed by atoms with Gasteiger partial charge in [-0.3, -0.25) is 0 Å². The Morgan fingerprint density at radius 3 is 2.21 bits per heavy atom. The lowest BCUT2D eigenvalue weighted by Gasteiger charge is -2.22. The van der Waals surface area contributed by atoms with Gasteiger partial charge in [0.1, 0.15) is 0 Å². The summed E-state index contributed by atoms with van der Waals surface area (Å²) in [7, 11) is 0. The monoisotopic (exact) mass is 300 g/mol. The quantitative estimate of drug-likeness (QED) is 0.559. The van der Waals surface area contributed by atoms with Crippen LogP contribution in [-0.4, -0.2) is 0 Å². The number of halogens is 1. The summed E-state index contributed by atoms with van der Waals surface area (Å²) in [6, 6.07) is 9.23. The van der Waals surface area contributed by atoms with Gasteiger partial charge in [-0.1, -0.05) is 66.6 Å². The van der Waals surface area contributed by atoms with Crippen molar-refractivity contribution in [3.63, 3.8) is 0 Å². The molecule has 1 fully saturated rings. The van der Waals surface area contributed by atoms with E-state index >= 15 is 0 Å². The Balaban J connectivity index is 2.23. The highest BCUT2D eigenvalue weighted by Gasteiger charge is 2.32. The summed E-state index contributed by atoms with van der Waals surface area (Å²) in [4.78, 5) is 0. The lowest BCUT2D eigenvalue weighted by molar-refractivity contribution is 0.688. The molecule has 1 aromatic carbocycles. The first-order valence-corrected chi connectivity index (χ1v) is 6.61. The van der Waals surface area contributed by atoms with E-state index in [0.29, 0.717) is 3.42 Å². The van der Waals surface area contributed by atoms with Gasteiger partial charge in [0.25, 0.3) is 0 Å². The number of alkyl halides is 1. The minimum Gasteiger partial charge on any atom is -0.0737 e. The van der Waals surface area contributed by atoms with Gasteiger partial charge in [-0.2, -0.15) is 0 Å². The van der Waals surface area contributed by atoms with E-state index in [1.165, 1.54) is 36.8 Å². The summed E-state index contributed by atoms with van der Waals surface area (Å²) in [5.74, 6) is 0. The molecule has 1 heteroatoms. The normalized spacial score (nSPS) is 19.9. The third-order valence-corrected chi connectivity index (χ3v) is 4.98. The molecule has 0 spiro atoms. The largest absolute Gasteiger partial charge is 0.0737 e. The molecule has 0 saturated heterocycles. The molecular formula is C13H17I. The fraction of sp³-hybridized carbons (Fsp3) is 0.538. The second kappa shape index (κ2) is 4.21. The van der Waals surface area contributed by atoms with Gasteiger partial charge < -0.3 is 0 Å². The van der Waals surface area contributed by atoms with Crippen LogP contribution < -0.4 is 0 Å². The van der Waals surface area contributed by atoms with Crippen molar-refractivity contribution in [2.24, 2.45) is 0 Å². The van der Waals surface area contributed by atoms with E-state index in [4.69, 9.17) is 0 Å². The molecule has 1 saturated carbocycles. The molecule has 0 atom stereocenters. The molecule has 0 nitrogen and oxygen atoms in total. The van der Waals surface area contributed by atoms with Crippen LogP contribution in [0.3, 0.4) is 0 Å². The highest BCUT2D eigenvalue weighted by atomic mass is 127. The molecule has 0 aliphatic heterocycles. The lowest BCUT2D eigenvalue weighted by Crippen LogP contribution is -2.11. The maximum atomic E-state index is 2.65. The first-order chi connectivity index (χ1) is 6.74. The predicted octanol–water partition coefficient (Wildman–Crippen LogP) is 4.45. The van der Waals surface area contributed by atoms with Crippen LogP contribution in [0.1, 0.15) is 43.7 Å². The van der Waals surface area contributed by atoms with E-state index in [1.807, 2.05) is 0 Å². The molecule has 0 radical (unpaired) electrons. The van der Waals surface area contributed by atoms with Crippen LogP contribution in [0.5, 0.6) is 0 Å². The highest BCUT2D eigenvalue weighted by Crippen LogP contribution is 2.46. The summed E-state index contributed by atoms with van der Waals surface area (Å²) in [5.41, 5.74) is 2.99. The molecule has 0 N–H and O–H groups in total. The molecule has 0 heterocycles. The number of benzene rings is 1. The SMILES string of the molecule is CCc1ccc(C2(I)CCCC2)cc1. The zero-order chi connectivity index (χ0) is 10.0. The Morgan fingerprint density at radius 2 is 1.71 bits per heavy atom. The van der Waals surface area contributed by atoms with Gasteiger partial charge in [0.15, 0.2) is 0 Å². The Labute approximate surface area is 100 Å². The molecule has 0 aromatic heterocycles. The maximum absolute atomic E-state index is 2.65. The van der Waals surface area contributed by atoms with Gasteiger partial charge >= 0.3 is 0 Å². The van der Waals surface area contributed by atoms with E-state index in [0.717, 1.165) is 6.42 Å². The van der Waals surface area contributed by atoms with Crippen LogP contribution >= 0.6 is 22.6 Å². The highest BCUT2D eigenvalue weighted by molar-refractivity contribution is 14.1. The first kappa shape index (κ1) is 10.5. The molecule has 0 unspecified atom stereocenters. The van der Waals surface area contributed by atoms with E-state index in [9.17, 15) is 0 Å². The first-order valence-electron chi connectivity index (χ1n) is 5.53. The van der Waals surface area contributed by atoms with Crippen LogP contribution in [0.4, 0.5) is 0 Å². The average molecular weight is 300 g/mol. The smallest absolute Gasteiger partial charge is 0.0470 e. The van der Waals surface area contributed by atoms with E-state index in [-0.39, 0.29) is 0 Å². The predicted molar refractivity (Wildman–Crippen MR) is 70.0 cm³/mol. The van der Waals surface area contributed by atoms with Crippen molar-refractivity contribution in [1.29, 1.82) is 0 Å².